The van der Waals surface area contributed by atoms with E-state index in [2.05, 4.69) is 28.4 Å². The summed E-state index contributed by atoms with van der Waals surface area (Å²) in [5.41, 5.74) is 2.26. The van der Waals surface area contributed by atoms with Gasteiger partial charge in [-0.15, -0.1) is 5.10 Å². The molecule has 1 unspecified atom stereocenters. The van der Waals surface area contributed by atoms with Crippen LogP contribution in [0.25, 0.3) is 5.69 Å². The molecule has 4 nitrogen and oxygen atoms in total. The summed E-state index contributed by atoms with van der Waals surface area (Å²) in [5.74, 6) is 0.811. The Morgan fingerprint density at radius 3 is 2.75 bits per heavy atom. The van der Waals surface area contributed by atoms with E-state index in [1.54, 1.807) is 6.33 Å². The highest BCUT2D eigenvalue weighted by molar-refractivity contribution is 5.38. The molecule has 0 fully saturated rings. The summed E-state index contributed by atoms with van der Waals surface area (Å²) in [7, 11) is 1.90. The smallest absolute Gasteiger partial charge is 0.167 e. The van der Waals surface area contributed by atoms with Crippen molar-refractivity contribution in [1.82, 2.24) is 20.1 Å². The largest absolute Gasteiger partial charge is 0.311 e. The SMILES string of the molecule is CNC(C)c1ncn(-c2ccccc2C)n1. The molecule has 0 saturated carbocycles. The number of rotatable bonds is 3. The second kappa shape index (κ2) is 4.45. The van der Waals surface area contributed by atoms with Gasteiger partial charge in [-0.3, -0.25) is 0 Å². The van der Waals surface area contributed by atoms with Crippen molar-refractivity contribution < 1.29 is 0 Å². The lowest BCUT2D eigenvalue weighted by atomic mass is 10.2. The van der Waals surface area contributed by atoms with Gasteiger partial charge in [-0.25, -0.2) is 9.67 Å². The molecular formula is C12H16N4. The minimum atomic E-state index is 0.172. The maximum atomic E-state index is 4.46. The van der Waals surface area contributed by atoms with E-state index in [9.17, 15) is 0 Å². The molecule has 16 heavy (non-hydrogen) atoms. The van der Waals surface area contributed by atoms with Gasteiger partial charge in [0.05, 0.1) is 11.7 Å². The highest BCUT2D eigenvalue weighted by Gasteiger charge is 2.09. The van der Waals surface area contributed by atoms with Gasteiger partial charge in [-0.05, 0) is 32.5 Å². The molecule has 1 aromatic carbocycles. The molecule has 0 aliphatic rings. The van der Waals surface area contributed by atoms with Crippen LogP contribution in [0.2, 0.25) is 0 Å². The molecule has 0 spiro atoms. The van der Waals surface area contributed by atoms with Crippen molar-refractivity contribution in [3.05, 3.63) is 42.0 Å². The Kier molecular flexibility index (Phi) is 3.01. The number of hydrogen-bond donors (Lipinski definition) is 1. The van der Waals surface area contributed by atoms with Gasteiger partial charge in [-0.2, -0.15) is 0 Å². The van der Waals surface area contributed by atoms with E-state index in [1.165, 1.54) is 5.56 Å². The third-order valence-electron chi connectivity index (χ3n) is 2.69. The Hall–Kier alpha value is -1.68. The fourth-order valence-corrected chi connectivity index (χ4v) is 1.54. The highest BCUT2D eigenvalue weighted by Crippen LogP contribution is 2.13. The van der Waals surface area contributed by atoms with E-state index in [0.717, 1.165) is 11.5 Å². The molecule has 1 heterocycles. The summed E-state index contributed by atoms with van der Waals surface area (Å²) in [4.78, 5) is 4.29. The van der Waals surface area contributed by atoms with Gasteiger partial charge < -0.3 is 5.32 Å². The number of aromatic nitrogens is 3. The zero-order valence-corrected chi connectivity index (χ0v) is 9.81. The van der Waals surface area contributed by atoms with Gasteiger partial charge >= 0.3 is 0 Å². The summed E-state index contributed by atoms with van der Waals surface area (Å²) in [6.45, 7) is 4.11. The second-order valence-corrected chi connectivity index (χ2v) is 3.84. The lowest BCUT2D eigenvalue weighted by Gasteiger charge is -2.05. The molecule has 0 bridgehead atoms. The average molecular weight is 216 g/mol. The van der Waals surface area contributed by atoms with Crippen LogP contribution in [0.3, 0.4) is 0 Å². The fraction of sp³-hybridized carbons (Fsp3) is 0.333. The summed E-state index contributed by atoms with van der Waals surface area (Å²) in [6.07, 6.45) is 1.76. The standard InChI is InChI=1S/C12H16N4/c1-9-6-4-5-7-11(9)16-8-14-12(15-16)10(2)13-3/h4-8,10,13H,1-3H3. The predicted octanol–water partition coefficient (Wildman–Crippen LogP) is 1.86. The number of hydrogen-bond acceptors (Lipinski definition) is 3. The minimum Gasteiger partial charge on any atom is -0.311 e. The topological polar surface area (TPSA) is 42.7 Å². The summed E-state index contributed by atoms with van der Waals surface area (Å²) in [6, 6.07) is 8.30. The summed E-state index contributed by atoms with van der Waals surface area (Å²) >= 11 is 0. The van der Waals surface area contributed by atoms with Crippen LogP contribution in [0.15, 0.2) is 30.6 Å². The Morgan fingerprint density at radius 1 is 1.31 bits per heavy atom. The molecule has 4 heteroatoms. The van der Waals surface area contributed by atoms with E-state index in [4.69, 9.17) is 0 Å². The number of para-hydroxylation sites is 1. The summed E-state index contributed by atoms with van der Waals surface area (Å²) < 4.78 is 1.82. The highest BCUT2D eigenvalue weighted by atomic mass is 15.3. The quantitative estimate of drug-likeness (QED) is 0.851. The van der Waals surface area contributed by atoms with Gasteiger partial charge in [0.2, 0.25) is 0 Å². The molecule has 1 aromatic heterocycles. The van der Waals surface area contributed by atoms with E-state index in [-0.39, 0.29) is 6.04 Å². The number of nitrogens with one attached hydrogen (secondary N) is 1. The maximum absolute atomic E-state index is 4.46. The van der Waals surface area contributed by atoms with Crippen molar-refractivity contribution in [2.75, 3.05) is 7.05 Å². The molecule has 84 valence electrons. The van der Waals surface area contributed by atoms with Crippen LogP contribution >= 0.6 is 0 Å². The lowest BCUT2D eigenvalue weighted by molar-refractivity contribution is 0.607. The van der Waals surface area contributed by atoms with E-state index < -0.39 is 0 Å². The zero-order chi connectivity index (χ0) is 11.5. The molecule has 0 saturated heterocycles. The number of benzene rings is 1. The van der Waals surface area contributed by atoms with Crippen LogP contribution in [-0.2, 0) is 0 Å². The average Bonchev–Trinajstić information content (AvgIpc) is 2.78. The molecule has 2 rings (SSSR count). The first-order valence-electron chi connectivity index (χ1n) is 5.37. The Labute approximate surface area is 95.3 Å². The van der Waals surface area contributed by atoms with Gasteiger partial charge in [0, 0.05) is 0 Å². The molecule has 1 atom stereocenters. The van der Waals surface area contributed by atoms with Crippen LogP contribution in [0.5, 0.6) is 0 Å². The van der Waals surface area contributed by atoms with E-state index in [1.807, 2.05) is 36.9 Å². The first kappa shape index (κ1) is 10.8. The van der Waals surface area contributed by atoms with Crippen molar-refractivity contribution >= 4 is 0 Å². The van der Waals surface area contributed by atoms with E-state index in [0.29, 0.717) is 0 Å². The Morgan fingerprint density at radius 2 is 2.06 bits per heavy atom. The van der Waals surface area contributed by atoms with Gasteiger partial charge in [0.15, 0.2) is 5.82 Å². The molecule has 0 aliphatic heterocycles. The summed E-state index contributed by atoms with van der Waals surface area (Å²) in [5, 5.41) is 7.58. The number of aryl methyl sites for hydroxylation is 1. The van der Waals surface area contributed by atoms with Crippen molar-refractivity contribution in [1.29, 1.82) is 0 Å². The molecule has 1 N–H and O–H groups in total. The van der Waals surface area contributed by atoms with Crippen molar-refractivity contribution in [2.24, 2.45) is 0 Å². The predicted molar refractivity (Wildman–Crippen MR) is 63.6 cm³/mol. The minimum absolute atomic E-state index is 0.172. The normalized spacial score (nSPS) is 12.7. The second-order valence-electron chi connectivity index (χ2n) is 3.84. The lowest BCUT2D eigenvalue weighted by Crippen LogP contribution is -2.14. The molecular weight excluding hydrogens is 200 g/mol. The fourth-order valence-electron chi connectivity index (χ4n) is 1.54. The van der Waals surface area contributed by atoms with Crippen LogP contribution in [0.1, 0.15) is 24.4 Å². The molecule has 0 amide bonds. The molecule has 2 aromatic rings. The monoisotopic (exact) mass is 216 g/mol. The maximum Gasteiger partial charge on any atom is 0.167 e. The Bertz CT molecular complexity index is 475. The van der Waals surface area contributed by atoms with Gasteiger partial charge in [-0.1, -0.05) is 18.2 Å². The molecule has 0 radical (unpaired) electrons. The first-order valence-corrected chi connectivity index (χ1v) is 5.37. The third-order valence-corrected chi connectivity index (χ3v) is 2.69. The van der Waals surface area contributed by atoms with Crippen LogP contribution < -0.4 is 5.32 Å². The van der Waals surface area contributed by atoms with Gasteiger partial charge in [0.1, 0.15) is 6.33 Å². The van der Waals surface area contributed by atoms with Crippen molar-refractivity contribution in [3.63, 3.8) is 0 Å². The first-order chi connectivity index (χ1) is 7.72. The van der Waals surface area contributed by atoms with Crippen LogP contribution in [0.4, 0.5) is 0 Å². The van der Waals surface area contributed by atoms with Crippen molar-refractivity contribution in [3.8, 4) is 5.69 Å². The zero-order valence-electron chi connectivity index (χ0n) is 9.81. The van der Waals surface area contributed by atoms with E-state index >= 15 is 0 Å². The van der Waals surface area contributed by atoms with Crippen LogP contribution in [0, 0.1) is 6.92 Å². The molecule has 0 aliphatic carbocycles. The van der Waals surface area contributed by atoms with Crippen molar-refractivity contribution in [2.45, 2.75) is 19.9 Å². The van der Waals surface area contributed by atoms with Crippen LogP contribution in [-0.4, -0.2) is 21.8 Å². The Balaban J connectivity index is 2.35. The third kappa shape index (κ3) is 1.97. The van der Waals surface area contributed by atoms with Gasteiger partial charge in [0.25, 0.3) is 0 Å². The number of nitrogens with zero attached hydrogens (tertiary/aromatic N) is 3.